The van der Waals surface area contributed by atoms with Crippen LogP contribution < -0.4 is 5.32 Å². The summed E-state index contributed by atoms with van der Waals surface area (Å²) in [4.78, 5) is 7.17. The van der Waals surface area contributed by atoms with E-state index in [-0.39, 0.29) is 0 Å². The topological polar surface area (TPSA) is 37.4 Å². The highest BCUT2D eigenvalue weighted by molar-refractivity contribution is 5.40. The second kappa shape index (κ2) is 8.09. The number of rotatable bonds is 6. The highest BCUT2D eigenvalue weighted by Gasteiger charge is 2.21. The molecule has 2 aromatic rings. The van der Waals surface area contributed by atoms with Gasteiger partial charge in [-0.25, -0.2) is 0 Å². The van der Waals surface area contributed by atoms with Crippen LogP contribution >= 0.6 is 0 Å². The van der Waals surface area contributed by atoms with Crippen molar-refractivity contribution in [2.24, 2.45) is 0 Å². The van der Waals surface area contributed by atoms with Crippen LogP contribution in [0.1, 0.15) is 30.0 Å². The van der Waals surface area contributed by atoms with Gasteiger partial charge in [-0.1, -0.05) is 30.3 Å². The number of methoxy groups -OCH3 is 1. The fraction of sp³-hybridized carbons (Fsp3) is 0.421. The number of anilines is 1. The van der Waals surface area contributed by atoms with Gasteiger partial charge in [-0.3, -0.25) is 9.88 Å². The zero-order valence-electron chi connectivity index (χ0n) is 13.7. The lowest BCUT2D eigenvalue weighted by atomic mass is 9.93. The SMILES string of the molecule is COCNc1ccc(C2CCN(Cc3ccccc3)CC2)nc1. The Hall–Kier alpha value is -1.91. The van der Waals surface area contributed by atoms with Crippen LogP contribution in [0, 0.1) is 0 Å². The van der Waals surface area contributed by atoms with Gasteiger partial charge in [0.15, 0.2) is 0 Å². The van der Waals surface area contributed by atoms with Crippen molar-refractivity contribution < 1.29 is 4.74 Å². The maximum atomic E-state index is 5.01. The van der Waals surface area contributed by atoms with Gasteiger partial charge in [0.25, 0.3) is 0 Å². The van der Waals surface area contributed by atoms with Crippen molar-refractivity contribution in [2.45, 2.75) is 25.3 Å². The molecule has 0 spiro atoms. The summed E-state index contributed by atoms with van der Waals surface area (Å²) in [5.74, 6) is 0.582. The number of likely N-dealkylation sites (tertiary alicyclic amines) is 1. The Balaban J connectivity index is 1.50. The average Bonchev–Trinajstić information content (AvgIpc) is 2.62. The molecule has 1 fully saturated rings. The summed E-state index contributed by atoms with van der Waals surface area (Å²) in [6, 6.07) is 15.0. The van der Waals surface area contributed by atoms with Gasteiger partial charge < -0.3 is 10.1 Å². The Labute approximate surface area is 138 Å². The van der Waals surface area contributed by atoms with E-state index in [1.807, 2.05) is 6.20 Å². The van der Waals surface area contributed by atoms with Crippen LogP contribution in [-0.4, -0.2) is 36.8 Å². The van der Waals surface area contributed by atoms with Crippen molar-refractivity contribution in [3.8, 4) is 0 Å². The minimum Gasteiger partial charge on any atom is -0.365 e. The molecule has 1 aromatic carbocycles. The van der Waals surface area contributed by atoms with E-state index in [2.05, 4.69) is 57.7 Å². The Morgan fingerprint density at radius 3 is 2.57 bits per heavy atom. The Bertz CT molecular complexity index is 577. The zero-order valence-corrected chi connectivity index (χ0v) is 13.7. The van der Waals surface area contributed by atoms with E-state index in [1.165, 1.54) is 24.1 Å². The molecule has 0 bridgehead atoms. The van der Waals surface area contributed by atoms with Crippen molar-refractivity contribution in [2.75, 3.05) is 32.2 Å². The van der Waals surface area contributed by atoms with Gasteiger partial charge in [-0.05, 0) is 43.6 Å². The van der Waals surface area contributed by atoms with Gasteiger partial charge >= 0.3 is 0 Å². The summed E-state index contributed by atoms with van der Waals surface area (Å²) < 4.78 is 5.01. The molecule has 1 N–H and O–H groups in total. The minimum atomic E-state index is 0.513. The molecule has 4 nitrogen and oxygen atoms in total. The summed E-state index contributed by atoms with van der Waals surface area (Å²) in [5.41, 5.74) is 3.63. The quantitative estimate of drug-likeness (QED) is 0.829. The highest BCUT2D eigenvalue weighted by atomic mass is 16.5. The molecular formula is C19H25N3O. The first kappa shape index (κ1) is 16.0. The van der Waals surface area contributed by atoms with Gasteiger partial charge in [0.05, 0.1) is 11.9 Å². The van der Waals surface area contributed by atoms with Crippen LogP contribution in [-0.2, 0) is 11.3 Å². The molecular weight excluding hydrogens is 286 g/mol. The first-order valence-electron chi connectivity index (χ1n) is 8.30. The van der Waals surface area contributed by atoms with Gasteiger partial charge in [0, 0.05) is 25.3 Å². The summed E-state index contributed by atoms with van der Waals surface area (Å²) in [7, 11) is 1.68. The number of nitrogens with one attached hydrogen (secondary N) is 1. The summed E-state index contributed by atoms with van der Waals surface area (Å²) >= 11 is 0. The Kier molecular flexibility index (Phi) is 5.61. The van der Waals surface area contributed by atoms with Gasteiger partial charge in [-0.2, -0.15) is 0 Å². The van der Waals surface area contributed by atoms with E-state index in [0.717, 1.165) is 25.3 Å². The molecule has 1 aromatic heterocycles. The Morgan fingerprint density at radius 2 is 1.91 bits per heavy atom. The van der Waals surface area contributed by atoms with Crippen molar-refractivity contribution in [3.05, 3.63) is 59.9 Å². The minimum absolute atomic E-state index is 0.513. The molecule has 122 valence electrons. The zero-order chi connectivity index (χ0) is 15.9. The van der Waals surface area contributed by atoms with Crippen LogP contribution in [0.5, 0.6) is 0 Å². The molecule has 0 aliphatic carbocycles. The lowest BCUT2D eigenvalue weighted by Crippen LogP contribution is -2.32. The lowest BCUT2D eigenvalue weighted by molar-refractivity contribution is 0.203. The van der Waals surface area contributed by atoms with E-state index in [9.17, 15) is 0 Å². The molecule has 1 saturated heterocycles. The number of piperidine rings is 1. The van der Waals surface area contributed by atoms with Gasteiger partial charge in [0.2, 0.25) is 0 Å². The smallest absolute Gasteiger partial charge is 0.116 e. The molecule has 0 radical (unpaired) electrons. The fourth-order valence-corrected chi connectivity index (χ4v) is 3.14. The van der Waals surface area contributed by atoms with Crippen molar-refractivity contribution in [1.82, 2.24) is 9.88 Å². The van der Waals surface area contributed by atoms with Gasteiger partial charge in [0.1, 0.15) is 6.73 Å². The van der Waals surface area contributed by atoms with Crippen molar-refractivity contribution in [1.29, 1.82) is 0 Å². The number of hydrogen-bond donors (Lipinski definition) is 1. The van der Waals surface area contributed by atoms with Crippen LogP contribution in [0.25, 0.3) is 0 Å². The third kappa shape index (κ3) is 4.53. The second-order valence-electron chi connectivity index (χ2n) is 6.12. The van der Waals surface area contributed by atoms with Crippen LogP contribution in [0.4, 0.5) is 5.69 Å². The van der Waals surface area contributed by atoms with Crippen molar-refractivity contribution >= 4 is 5.69 Å². The summed E-state index contributed by atoms with van der Waals surface area (Å²) in [6.07, 6.45) is 4.28. The molecule has 23 heavy (non-hydrogen) atoms. The van der Waals surface area contributed by atoms with E-state index in [4.69, 9.17) is 4.74 Å². The number of benzene rings is 1. The second-order valence-corrected chi connectivity index (χ2v) is 6.12. The maximum absolute atomic E-state index is 5.01. The molecule has 1 aliphatic heterocycles. The predicted molar refractivity (Wildman–Crippen MR) is 93.4 cm³/mol. The van der Waals surface area contributed by atoms with Gasteiger partial charge in [-0.15, -0.1) is 0 Å². The molecule has 0 amide bonds. The highest BCUT2D eigenvalue weighted by Crippen LogP contribution is 2.27. The summed E-state index contributed by atoms with van der Waals surface area (Å²) in [6.45, 7) is 3.86. The molecule has 0 saturated carbocycles. The number of ether oxygens (including phenoxy) is 1. The first-order chi connectivity index (χ1) is 11.3. The third-order valence-corrected chi connectivity index (χ3v) is 4.46. The fourth-order valence-electron chi connectivity index (χ4n) is 3.14. The summed E-state index contributed by atoms with van der Waals surface area (Å²) in [5, 5.41) is 3.17. The molecule has 0 atom stereocenters. The van der Waals surface area contributed by atoms with E-state index < -0.39 is 0 Å². The molecule has 3 rings (SSSR count). The first-order valence-corrected chi connectivity index (χ1v) is 8.30. The average molecular weight is 311 g/mol. The number of nitrogens with zero attached hydrogens (tertiary/aromatic N) is 2. The lowest BCUT2D eigenvalue weighted by Gasteiger charge is -2.31. The largest absolute Gasteiger partial charge is 0.365 e. The predicted octanol–water partition coefficient (Wildman–Crippen LogP) is 3.48. The Morgan fingerprint density at radius 1 is 1.13 bits per heavy atom. The number of hydrogen-bond acceptors (Lipinski definition) is 4. The standard InChI is InChI=1S/C19H25N3O/c1-23-15-21-18-7-8-19(20-13-18)17-9-11-22(12-10-17)14-16-5-3-2-4-6-16/h2-8,13,17,21H,9-12,14-15H2,1H3. The normalized spacial score (nSPS) is 16.4. The molecule has 4 heteroatoms. The van der Waals surface area contributed by atoms with Crippen LogP contribution in [0.2, 0.25) is 0 Å². The maximum Gasteiger partial charge on any atom is 0.116 e. The van der Waals surface area contributed by atoms with E-state index in [0.29, 0.717) is 12.6 Å². The molecule has 1 aliphatic rings. The van der Waals surface area contributed by atoms with Crippen LogP contribution in [0.3, 0.4) is 0 Å². The van der Waals surface area contributed by atoms with Crippen molar-refractivity contribution in [3.63, 3.8) is 0 Å². The van der Waals surface area contributed by atoms with Crippen LogP contribution in [0.15, 0.2) is 48.7 Å². The number of pyridine rings is 1. The number of aromatic nitrogens is 1. The van der Waals surface area contributed by atoms with E-state index in [1.54, 1.807) is 7.11 Å². The van der Waals surface area contributed by atoms with E-state index >= 15 is 0 Å². The molecule has 2 heterocycles. The monoisotopic (exact) mass is 311 g/mol. The molecule has 0 unspecified atom stereocenters. The third-order valence-electron chi connectivity index (χ3n) is 4.46.